The number of amides is 1. The van der Waals surface area contributed by atoms with Crippen LogP contribution in [0.3, 0.4) is 0 Å². The Balaban J connectivity index is 1.74. The molecule has 0 bridgehead atoms. The van der Waals surface area contributed by atoms with Crippen LogP contribution in [0.4, 0.5) is 10.3 Å². The highest BCUT2D eigenvalue weighted by Gasteiger charge is 2.26. The SMILES string of the molecule is O=C(Nc1nn[nH]n1)c1nn(-c2ccc(F)cc2)c2c1CCCC2. The number of H-pyrrole nitrogens is 1. The molecule has 1 aromatic carbocycles. The van der Waals surface area contributed by atoms with Gasteiger partial charge in [0.05, 0.1) is 5.69 Å². The second-order valence-electron chi connectivity index (χ2n) is 5.56. The second-order valence-corrected chi connectivity index (χ2v) is 5.56. The summed E-state index contributed by atoms with van der Waals surface area (Å²) in [5.74, 6) is -0.592. The van der Waals surface area contributed by atoms with Crippen LogP contribution in [0, 0.1) is 5.82 Å². The van der Waals surface area contributed by atoms with Crippen molar-refractivity contribution in [3.63, 3.8) is 0 Å². The molecule has 0 radical (unpaired) electrons. The van der Waals surface area contributed by atoms with Crippen LogP contribution in [-0.4, -0.2) is 36.3 Å². The van der Waals surface area contributed by atoms with E-state index in [1.807, 2.05) is 0 Å². The van der Waals surface area contributed by atoms with E-state index in [1.165, 1.54) is 12.1 Å². The summed E-state index contributed by atoms with van der Waals surface area (Å²) in [6.07, 6.45) is 3.65. The van der Waals surface area contributed by atoms with E-state index in [4.69, 9.17) is 0 Å². The van der Waals surface area contributed by atoms with Crippen LogP contribution in [0.5, 0.6) is 0 Å². The van der Waals surface area contributed by atoms with Crippen molar-refractivity contribution in [3.8, 4) is 5.69 Å². The molecule has 2 N–H and O–H groups in total. The molecule has 2 aromatic heterocycles. The number of halogens is 1. The number of aromatic nitrogens is 6. The molecule has 0 atom stereocenters. The Bertz CT molecular complexity index is 870. The fourth-order valence-electron chi connectivity index (χ4n) is 2.95. The predicted octanol–water partition coefficient (Wildman–Crippen LogP) is 1.66. The van der Waals surface area contributed by atoms with Gasteiger partial charge in [0.25, 0.3) is 11.9 Å². The molecular formula is C15H14FN7O. The summed E-state index contributed by atoms with van der Waals surface area (Å²) in [6.45, 7) is 0. The van der Waals surface area contributed by atoms with Gasteiger partial charge in [0.2, 0.25) is 0 Å². The van der Waals surface area contributed by atoms with Crippen molar-refractivity contribution in [1.82, 2.24) is 30.4 Å². The first kappa shape index (κ1) is 14.5. The van der Waals surface area contributed by atoms with Gasteiger partial charge in [-0.25, -0.2) is 9.07 Å². The minimum Gasteiger partial charge on any atom is -0.286 e. The third kappa shape index (κ3) is 2.53. The number of tetrazole rings is 1. The first-order valence-electron chi connectivity index (χ1n) is 7.64. The summed E-state index contributed by atoms with van der Waals surface area (Å²) in [4.78, 5) is 12.5. The van der Waals surface area contributed by atoms with Gasteiger partial charge in [0, 0.05) is 11.3 Å². The van der Waals surface area contributed by atoms with Gasteiger partial charge in [0.15, 0.2) is 5.69 Å². The van der Waals surface area contributed by atoms with Crippen molar-refractivity contribution >= 4 is 11.9 Å². The molecule has 0 saturated heterocycles. The summed E-state index contributed by atoms with van der Waals surface area (Å²) in [7, 11) is 0. The van der Waals surface area contributed by atoms with Crippen LogP contribution in [0.15, 0.2) is 24.3 Å². The first-order valence-corrected chi connectivity index (χ1v) is 7.64. The topological polar surface area (TPSA) is 101 Å². The fourth-order valence-corrected chi connectivity index (χ4v) is 2.95. The zero-order valence-corrected chi connectivity index (χ0v) is 12.7. The summed E-state index contributed by atoms with van der Waals surface area (Å²) >= 11 is 0. The lowest BCUT2D eigenvalue weighted by Gasteiger charge is -2.14. The van der Waals surface area contributed by atoms with Crippen molar-refractivity contribution in [3.05, 3.63) is 47.0 Å². The molecule has 1 amide bonds. The standard InChI is InChI=1S/C15H14FN7O/c16-9-5-7-10(8-6-9)23-12-4-2-1-3-11(12)13(20-23)14(24)17-15-18-21-22-19-15/h5-8H,1-4H2,(H2,17,18,19,21,22,24). The van der Waals surface area contributed by atoms with Crippen LogP contribution in [0.2, 0.25) is 0 Å². The highest BCUT2D eigenvalue weighted by Crippen LogP contribution is 2.27. The largest absolute Gasteiger partial charge is 0.286 e. The Kier molecular flexibility index (Phi) is 3.52. The van der Waals surface area contributed by atoms with Crippen molar-refractivity contribution < 1.29 is 9.18 Å². The monoisotopic (exact) mass is 327 g/mol. The van der Waals surface area contributed by atoms with Gasteiger partial charge in [-0.15, -0.1) is 5.10 Å². The number of carbonyl (C=O) groups is 1. The number of nitrogens with one attached hydrogen (secondary N) is 2. The van der Waals surface area contributed by atoms with E-state index in [2.05, 4.69) is 31.0 Å². The lowest BCUT2D eigenvalue weighted by atomic mass is 9.95. The van der Waals surface area contributed by atoms with Crippen molar-refractivity contribution in [2.75, 3.05) is 5.32 Å². The van der Waals surface area contributed by atoms with Gasteiger partial charge in [-0.2, -0.15) is 10.3 Å². The molecule has 1 aliphatic carbocycles. The highest BCUT2D eigenvalue weighted by molar-refractivity contribution is 6.03. The molecule has 0 spiro atoms. The minimum atomic E-state index is -0.379. The Hall–Kier alpha value is -3.10. The molecule has 0 fully saturated rings. The maximum Gasteiger partial charge on any atom is 0.278 e. The van der Waals surface area contributed by atoms with Gasteiger partial charge >= 0.3 is 0 Å². The molecule has 2 heterocycles. The predicted molar refractivity (Wildman–Crippen MR) is 82.3 cm³/mol. The molecule has 3 aromatic rings. The van der Waals surface area contributed by atoms with Gasteiger partial charge in [-0.1, -0.05) is 5.10 Å². The zero-order chi connectivity index (χ0) is 16.5. The number of aromatic amines is 1. The van der Waals surface area contributed by atoms with E-state index >= 15 is 0 Å². The Morgan fingerprint density at radius 1 is 1.21 bits per heavy atom. The van der Waals surface area contributed by atoms with Crippen LogP contribution in [0.1, 0.15) is 34.6 Å². The summed E-state index contributed by atoms with van der Waals surface area (Å²) < 4.78 is 14.9. The Morgan fingerprint density at radius 3 is 2.75 bits per heavy atom. The zero-order valence-electron chi connectivity index (χ0n) is 12.7. The number of anilines is 1. The van der Waals surface area contributed by atoms with E-state index in [1.54, 1.807) is 16.8 Å². The van der Waals surface area contributed by atoms with E-state index < -0.39 is 0 Å². The maximum absolute atomic E-state index is 13.2. The number of nitrogens with zero attached hydrogens (tertiary/aromatic N) is 5. The van der Waals surface area contributed by atoms with Gasteiger partial charge in [0.1, 0.15) is 5.82 Å². The summed E-state index contributed by atoms with van der Waals surface area (Å²) in [6, 6.07) is 6.06. The van der Waals surface area contributed by atoms with Crippen molar-refractivity contribution in [1.29, 1.82) is 0 Å². The quantitative estimate of drug-likeness (QED) is 0.762. The summed E-state index contributed by atoms with van der Waals surface area (Å²) in [5.41, 5.74) is 2.99. The Morgan fingerprint density at radius 2 is 2.00 bits per heavy atom. The van der Waals surface area contributed by atoms with Gasteiger partial charge < -0.3 is 0 Å². The maximum atomic E-state index is 13.2. The Labute approximate surface area is 136 Å². The molecule has 122 valence electrons. The van der Waals surface area contributed by atoms with Crippen molar-refractivity contribution in [2.24, 2.45) is 0 Å². The first-order chi connectivity index (χ1) is 11.7. The molecule has 0 unspecified atom stereocenters. The third-order valence-corrected chi connectivity index (χ3v) is 4.04. The van der Waals surface area contributed by atoms with E-state index in [9.17, 15) is 9.18 Å². The normalized spacial score (nSPS) is 13.5. The number of hydrogen-bond acceptors (Lipinski definition) is 5. The average molecular weight is 327 g/mol. The number of rotatable bonds is 3. The van der Waals surface area contributed by atoms with E-state index in [0.29, 0.717) is 5.69 Å². The molecule has 0 aliphatic heterocycles. The second kappa shape index (κ2) is 5.84. The lowest BCUT2D eigenvalue weighted by molar-refractivity contribution is 0.102. The average Bonchev–Trinajstić information content (AvgIpc) is 3.23. The highest BCUT2D eigenvalue weighted by atomic mass is 19.1. The number of carbonyl (C=O) groups excluding carboxylic acids is 1. The molecule has 8 nitrogen and oxygen atoms in total. The number of hydrogen-bond donors (Lipinski definition) is 2. The smallest absolute Gasteiger partial charge is 0.278 e. The molecule has 1 aliphatic rings. The molecule has 0 saturated carbocycles. The van der Waals surface area contributed by atoms with Crippen LogP contribution < -0.4 is 5.32 Å². The van der Waals surface area contributed by atoms with Crippen molar-refractivity contribution in [2.45, 2.75) is 25.7 Å². The van der Waals surface area contributed by atoms with Crippen LogP contribution >= 0.6 is 0 Å². The molecular weight excluding hydrogens is 313 g/mol. The minimum absolute atomic E-state index is 0.0980. The van der Waals surface area contributed by atoms with E-state index in [0.717, 1.165) is 42.6 Å². The molecule has 24 heavy (non-hydrogen) atoms. The van der Waals surface area contributed by atoms with Crippen LogP contribution in [0.25, 0.3) is 5.69 Å². The van der Waals surface area contributed by atoms with Crippen LogP contribution in [-0.2, 0) is 12.8 Å². The number of benzene rings is 1. The van der Waals surface area contributed by atoms with Gasteiger partial charge in [-0.05, 0) is 55.2 Å². The third-order valence-electron chi connectivity index (χ3n) is 4.04. The fraction of sp³-hybridized carbons (Fsp3) is 0.267. The van der Waals surface area contributed by atoms with E-state index in [-0.39, 0.29) is 17.7 Å². The van der Waals surface area contributed by atoms with Gasteiger partial charge in [-0.3, -0.25) is 10.1 Å². The molecule has 4 rings (SSSR count). The number of fused-ring (bicyclic) bond motifs is 1. The molecule has 9 heteroatoms. The lowest BCUT2D eigenvalue weighted by Crippen LogP contribution is -2.16. The summed E-state index contributed by atoms with van der Waals surface area (Å²) in [5, 5.41) is 20.2.